The van der Waals surface area contributed by atoms with Crippen molar-refractivity contribution in [1.29, 1.82) is 0 Å². The average Bonchev–Trinajstić information content (AvgIpc) is 2.61. The lowest BCUT2D eigenvalue weighted by Crippen LogP contribution is -2.38. The highest BCUT2D eigenvalue weighted by molar-refractivity contribution is 5.78. The van der Waals surface area contributed by atoms with Gasteiger partial charge in [-0.15, -0.1) is 0 Å². The van der Waals surface area contributed by atoms with Gasteiger partial charge < -0.3 is 4.74 Å². The zero-order valence-electron chi connectivity index (χ0n) is 14.6. The van der Waals surface area contributed by atoms with E-state index in [0.717, 1.165) is 49.0 Å². The first kappa shape index (κ1) is 16.1. The van der Waals surface area contributed by atoms with Crippen LogP contribution in [-0.2, 0) is 11.3 Å². The van der Waals surface area contributed by atoms with Gasteiger partial charge in [0.15, 0.2) is 0 Å². The molecule has 0 amide bonds. The van der Waals surface area contributed by atoms with Crippen LogP contribution < -0.4 is 0 Å². The van der Waals surface area contributed by atoms with E-state index in [9.17, 15) is 0 Å². The number of hydrogen-bond donors (Lipinski definition) is 0. The molecule has 0 bridgehead atoms. The molecule has 1 aromatic carbocycles. The van der Waals surface area contributed by atoms with Crippen molar-refractivity contribution in [1.82, 2.24) is 19.9 Å². The lowest BCUT2D eigenvalue weighted by atomic mass is 10.1. The minimum atomic E-state index is 0.0104. The number of pyridine rings is 1. The maximum Gasteiger partial charge on any atom is 0.125 e. The van der Waals surface area contributed by atoms with Crippen molar-refractivity contribution in [2.24, 2.45) is 0 Å². The number of fused-ring (bicyclic) bond motifs is 1. The zero-order valence-corrected chi connectivity index (χ0v) is 14.6. The lowest BCUT2D eigenvalue weighted by Gasteiger charge is -2.32. The van der Waals surface area contributed by atoms with Gasteiger partial charge in [0, 0.05) is 36.9 Å². The summed E-state index contributed by atoms with van der Waals surface area (Å²) in [6.07, 6.45) is 1.84. The molecule has 4 rings (SSSR count). The summed E-state index contributed by atoms with van der Waals surface area (Å²) in [5.74, 6) is 0.803. The Bertz CT molecular complexity index is 876. The van der Waals surface area contributed by atoms with Crippen LogP contribution in [0.5, 0.6) is 0 Å². The van der Waals surface area contributed by atoms with Gasteiger partial charge in [0.05, 0.1) is 17.8 Å². The van der Waals surface area contributed by atoms with E-state index in [1.165, 1.54) is 10.9 Å². The molecule has 5 nitrogen and oxygen atoms in total. The molecule has 0 aliphatic carbocycles. The van der Waals surface area contributed by atoms with E-state index >= 15 is 0 Å². The predicted octanol–water partition coefficient (Wildman–Crippen LogP) is 3.22. The molecule has 1 aliphatic heterocycles. The molecule has 0 spiro atoms. The van der Waals surface area contributed by atoms with Crippen LogP contribution in [0.4, 0.5) is 0 Å². The van der Waals surface area contributed by atoms with Gasteiger partial charge in [-0.3, -0.25) is 9.88 Å². The molecule has 1 saturated heterocycles. The monoisotopic (exact) mass is 334 g/mol. The normalized spacial score (nSPS) is 18.6. The fourth-order valence-electron chi connectivity index (χ4n) is 3.42. The maximum absolute atomic E-state index is 5.97. The number of hydrogen-bond acceptors (Lipinski definition) is 5. The molecule has 0 N–H and O–H groups in total. The van der Waals surface area contributed by atoms with Gasteiger partial charge in [0.25, 0.3) is 0 Å². The van der Waals surface area contributed by atoms with Crippen LogP contribution in [0.3, 0.4) is 0 Å². The second kappa shape index (κ2) is 6.86. The standard InChI is InChI=1S/C20H22N4O/c1-14-10-19(23-15(2)22-14)20-13-24(8-9-25-20)12-16-5-6-18-17(11-16)4-3-7-21-18/h3-7,10-11,20H,8-9,12-13H2,1-2H3/t20-/m1/s1. The first-order valence-electron chi connectivity index (χ1n) is 8.67. The summed E-state index contributed by atoms with van der Waals surface area (Å²) in [6, 6.07) is 12.6. The molecule has 0 saturated carbocycles. The summed E-state index contributed by atoms with van der Waals surface area (Å²) in [5.41, 5.74) is 4.32. The quantitative estimate of drug-likeness (QED) is 0.736. The van der Waals surface area contributed by atoms with Crippen LogP contribution in [0.1, 0.15) is 28.9 Å². The van der Waals surface area contributed by atoms with E-state index in [-0.39, 0.29) is 6.10 Å². The summed E-state index contributed by atoms with van der Waals surface area (Å²) in [6.45, 7) is 7.35. The van der Waals surface area contributed by atoms with Crippen molar-refractivity contribution >= 4 is 10.9 Å². The van der Waals surface area contributed by atoms with Gasteiger partial charge in [0.2, 0.25) is 0 Å². The van der Waals surface area contributed by atoms with Gasteiger partial charge in [-0.25, -0.2) is 9.97 Å². The molecule has 3 heterocycles. The Balaban J connectivity index is 1.50. The number of aryl methyl sites for hydroxylation is 2. The summed E-state index contributed by atoms with van der Waals surface area (Å²) in [5, 5.41) is 1.19. The van der Waals surface area contributed by atoms with Gasteiger partial charge in [-0.05, 0) is 43.7 Å². The summed E-state index contributed by atoms with van der Waals surface area (Å²) < 4.78 is 5.97. The third-order valence-corrected chi connectivity index (χ3v) is 4.54. The van der Waals surface area contributed by atoms with Crippen molar-refractivity contribution in [2.45, 2.75) is 26.5 Å². The molecule has 1 aliphatic rings. The summed E-state index contributed by atoms with van der Waals surface area (Å²) in [4.78, 5) is 15.7. The van der Waals surface area contributed by atoms with Crippen LogP contribution >= 0.6 is 0 Å². The van der Waals surface area contributed by atoms with Crippen molar-refractivity contribution in [2.75, 3.05) is 19.7 Å². The molecular formula is C20H22N4O. The first-order chi connectivity index (χ1) is 12.2. The van der Waals surface area contributed by atoms with E-state index in [4.69, 9.17) is 4.74 Å². The number of ether oxygens (including phenoxy) is 1. The highest BCUT2D eigenvalue weighted by Gasteiger charge is 2.23. The van der Waals surface area contributed by atoms with Gasteiger partial charge in [-0.2, -0.15) is 0 Å². The van der Waals surface area contributed by atoms with Crippen molar-refractivity contribution in [3.05, 3.63) is 65.4 Å². The number of nitrogens with zero attached hydrogens (tertiary/aromatic N) is 4. The van der Waals surface area contributed by atoms with Gasteiger partial charge in [-0.1, -0.05) is 12.1 Å². The van der Waals surface area contributed by atoms with Crippen molar-refractivity contribution in [3.8, 4) is 0 Å². The smallest absolute Gasteiger partial charge is 0.125 e. The Labute approximate surface area is 147 Å². The van der Waals surface area contributed by atoms with Crippen molar-refractivity contribution in [3.63, 3.8) is 0 Å². The van der Waals surface area contributed by atoms with E-state index in [1.54, 1.807) is 0 Å². The molecule has 2 aromatic heterocycles. The van der Waals surface area contributed by atoms with Crippen LogP contribution in [0.2, 0.25) is 0 Å². The highest BCUT2D eigenvalue weighted by atomic mass is 16.5. The van der Waals surface area contributed by atoms with Crippen LogP contribution in [-0.4, -0.2) is 39.5 Å². The SMILES string of the molecule is Cc1cc([C@H]2CN(Cc3ccc4ncccc4c3)CCO2)nc(C)n1. The van der Waals surface area contributed by atoms with Crippen LogP contribution in [0.15, 0.2) is 42.6 Å². The summed E-state index contributed by atoms with van der Waals surface area (Å²) in [7, 11) is 0. The molecular weight excluding hydrogens is 312 g/mol. The Morgan fingerprint density at radius 2 is 2.08 bits per heavy atom. The van der Waals surface area contributed by atoms with Gasteiger partial charge in [0.1, 0.15) is 11.9 Å². The third kappa shape index (κ3) is 3.67. The second-order valence-corrected chi connectivity index (χ2v) is 6.61. The number of benzene rings is 1. The Kier molecular flexibility index (Phi) is 4.42. The zero-order chi connectivity index (χ0) is 17.2. The fraction of sp³-hybridized carbons (Fsp3) is 0.350. The number of aromatic nitrogens is 3. The number of morpholine rings is 1. The predicted molar refractivity (Wildman–Crippen MR) is 97.2 cm³/mol. The van der Waals surface area contributed by atoms with Crippen LogP contribution in [0, 0.1) is 13.8 Å². The highest BCUT2D eigenvalue weighted by Crippen LogP contribution is 2.23. The Hall–Kier alpha value is -2.37. The summed E-state index contributed by atoms with van der Waals surface area (Å²) >= 11 is 0. The molecule has 3 aromatic rings. The topological polar surface area (TPSA) is 51.1 Å². The largest absolute Gasteiger partial charge is 0.369 e. The van der Waals surface area contributed by atoms with E-state index in [2.05, 4.69) is 44.1 Å². The second-order valence-electron chi connectivity index (χ2n) is 6.61. The first-order valence-corrected chi connectivity index (χ1v) is 8.67. The minimum Gasteiger partial charge on any atom is -0.369 e. The Morgan fingerprint density at radius 3 is 2.96 bits per heavy atom. The minimum absolute atomic E-state index is 0.0104. The molecule has 0 unspecified atom stereocenters. The molecule has 25 heavy (non-hydrogen) atoms. The van der Waals surface area contributed by atoms with E-state index in [0.29, 0.717) is 0 Å². The maximum atomic E-state index is 5.97. The molecule has 128 valence electrons. The third-order valence-electron chi connectivity index (χ3n) is 4.54. The van der Waals surface area contributed by atoms with Gasteiger partial charge >= 0.3 is 0 Å². The average molecular weight is 334 g/mol. The van der Waals surface area contributed by atoms with E-state index in [1.807, 2.05) is 32.2 Å². The molecule has 1 atom stereocenters. The molecule has 5 heteroatoms. The van der Waals surface area contributed by atoms with Crippen LogP contribution in [0.25, 0.3) is 10.9 Å². The fourth-order valence-corrected chi connectivity index (χ4v) is 3.42. The molecule has 1 fully saturated rings. The lowest BCUT2D eigenvalue weighted by molar-refractivity contribution is -0.0351. The van der Waals surface area contributed by atoms with E-state index < -0.39 is 0 Å². The molecule has 0 radical (unpaired) electrons. The van der Waals surface area contributed by atoms with Crippen molar-refractivity contribution < 1.29 is 4.74 Å². The Morgan fingerprint density at radius 1 is 1.16 bits per heavy atom. The number of rotatable bonds is 3.